The number of carbonyl (C=O) groups excluding carboxylic acids is 1. The number of carbonyl (C=O) groups is 1. The van der Waals surface area contributed by atoms with Gasteiger partial charge in [0.25, 0.3) is 0 Å². The molecule has 2 aliphatic heterocycles. The first-order valence-corrected chi connectivity index (χ1v) is 3.53. The van der Waals surface area contributed by atoms with Crippen LogP contribution in [-0.4, -0.2) is 23.4 Å². The molecule has 2 aliphatic rings. The summed E-state index contributed by atoms with van der Waals surface area (Å²) in [7, 11) is 0. The molecule has 0 aromatic carbocycles. The summed E-state index contributed by atoms with van der Waals surface area (Å²) in [5.41, 5.74) is 0. The molecule has 0 saturated heterocycles. The quantitative estimate of drug-likeness (QED) is 0.448. The van der Waals surface area contributed by atoms with Crippen LogP contribution in [0.1, 0.15) is 6.42 Å². The molecule has 0 bridgehead atoms. The Hall–Kier alpha value is -1.05. The van der Waals surface area contributed by atoms with E-state index in [2.05, 4.69) is 12.2 Å². The van der Waals surface area contributed by atoms with E-state index in [1.165, 1.54) is 0 Å². The van der Waals surface area contributed by atoms with E-state index < -0.39 is 0 Å². The molecule has 1 atom stereocenters. The van der Waals surface area contributed by atoms with Crippen LogP contribution in [0.15, 0.2) is 24.3 Å². The van der Waals surface area contributed by atoms with Crippen LogP contribution in [0, 0.1) is 0 Å². The summed E-state index contributed by atoms with van der Waals surface area (Å²) in [5, 5.41) is 0. The molecule has 2 heteroatoms. The first-order valence-electron chi connectivity index (χ1n) is 3.53. The largest absolute Gasteiger partial charge is 0.329 e. The molecular weight excluding hydrogens is 126 g/mol. The van der Waals surface area contributed by atoms with Gasteiger partial charge in [0.2, 0.25) is 5.91 Å². The molecule has 0 N–H and O–H groups in total. The molecule has 0 aliphatic carbocycles. The van der Waals surface area contributed by atoms with Gasteiger partial charge >= 0.3 is 0 Å². The molecule has 52 valence electrons. The second-order valence-electron chi connectivity index (χ2n) is 2.60. The third-order valence-corrected chi connectivity index (χ3v) is 1.95. The minimum Gasteiger partial charge on any atom is -0.329 e. The summed E-state index contributed by atoms with van der Waals surface area (Å²) in [6.45, 7) is 0.882. The Kier molecular flexibility index (Phi) is 1.13. The fraction of sp³-hybridized carbons (Fsp3) is 0.375. The van der Waals surface area contributed by atoms with Crippen LogP contribution in [0.3, 0.4) is 0 Å². The highest BCUT2D eigenvalue weighted by molar-refractivity contribution is 5.91. The Balaban J connectivity index is 2.26. The maximum atomic E-state index is 11.0. The lowest BCUT2D eigenvalue weighted by Crippen LogP contribution is -2.35. The van der Waals surface area contributed by atoms with Gasteiger partial charge in [-0.05, 0) is 6.42 Å². The second-order valence-corrected chi connectivity index (χ2v) is 2.60. The van der Waals surface area contributed by atoms with E-state index in [-0.39, 0.29) is 11.9 Å². The van der Waals surface area contributed by atoms with Crippen LogP contribution < -0.4 is 0 Å². The smallest absolute Gasteiger partial charge is 0.247 e. The maximum absolute atomic E-state index is 11.0. The number of hydrogen-bond donors (Lipinski definition) is 0. The molecule has 1 unspecified atom stereocenters. The zero-order valence-corrected chi connectivity index (χ0v) is 5.66. The molecule has 10 heavy (non-hydrogen) atoms. The van der Waals surface area contributed by atoms with E-state index >= 15 is 0 Å². The van der Waals surface area contributed by atoms with Crippen LogP contribution in [0.25, 0.3) is 0 Å². The molecule has 0 radical (unpaired) electrons. The predicted octanol–water partition coefficient (Wildman–Crippen LogP) is 0.713. The monoisotopic (exact) mass is 135 g/mol. The fourth-order valence-electron chi connectivity index (χ4n) is 1.40. The van der Waals surface area contributed by atoms with E-state index in [1.807, 2.05) is 11.0 Å². The fourth-order valence-corrected chi connectivity index (χ4v) is 1.40. The first-order chi connectivity index (χ1) is 4.88. The lowest BCUT2D eigenvalue weighted by Gasteiger charge is -2.24. The molecule has 0 saturated carbocycles. The highest BCUT2D eigenvalue weighted by Crippen LogP contribution is 2.16. The van der Waals surface area contributed by atoms with Gasteiger partial charge in [-0.15, -0.1) is 0 Å². The van der Waals surface area contributed by atoms with Gasteiger partial charge in [-0.1, -0.05) is 18.2 Å². The SMILES string of the molecule is O=C1C=CC2C=CCCN12. The third-order valence-electron chi connectivity index (χ3n) is 1.95. The van der Waals surface area contributed by atoms with Crippen molar-refractivity contribution in [2.24, 2.45) is 0 Å². The van der Waals surface area contributed by atoms with Crippen molar-refractivity contribution in [3.05, 3.63) is 24.3 Å². The number of amides is 1. The van der Waals surface area contributed by atoms with Gasteiger partial charge < -0.3 is 4.90 Å². The Bertz CT molecular complexity index is 217. The van der Waals surface area contributed by atoms with Gasteiger partial charge in [-0.3, -0.25) is 4.79 Å². The topological polar surface area (TPSA) is 20.3 Å². The average molecular weight is 135 g/mol. The second kappa shape index (κ2) is 1.97. The van der Waals surface area contributed by atoms with E-state index in [9.17, 15) is 4.79 Å². The van der Waals surface area contributed by atoms with E-state index in [0.717, 1.165) is 13.0 Å². The zero-order valence-electron chi connectivity index (χ0n) is 5.66. The molecule has 0 spiro atoms. The Morgan fingerprint density at radius 2 is 2.40 bits per heavy atom. The third kappa shape index (κ3) is 0.685. The van der Waals surface area contributed by atoms with Crippen molar-refractivity contribution in [3.63, 3.8) is 0 Å². The molecule has 0 aromatic rings. The number of fused-ring (bicyclic) bond motifs is 1. The number of hydrogen-bond acceptors (Lipinski definition) is 1. The average Bonchev–Trinajstić information content (AvgIpc) is 2.34. The Morgan fingerprint density at radius 3 is 3.20 bits per heavy atom. The molecule has 1 amide bonds. The molecule has 2 heterocycles. The minimum atomic E-state index is 0.161. The summed E-state index contributed by atoms with van der Waals surface area (Å²) in [4.78, 5) is 12.9. The van der Waals surface area contributed by atoms with Crippen molar-refractivity contribution in [2.75, 3.05) is 6.54 Å². The number of nitrogens with zero attached hydrogens (tertiary/aromatic N) is 1. The summed E-state index contributed by atoms with van der Waals surface area (Å²) in [6.07, 6.45) is 8.80. The summed E-state index contributed by atoms with van der Waals surface area (Å²) in [6, 6.07) is 0.265. The lowest BCUT2D eigenvalue weighted by molar-refractivity contribution is -0.125. The predicted molar refractivity (Wildman–Crippen MR) is 38.4 cm³/mol. The Morgan fingerprint density at radius 1 is 1.50 bits per heavy atom. The van der Waals surface area contributed by atoms with Crippen LogP contribution in [-0.2, 0) is 4.79 Å². The van der Waals surface area contributed by atoms with Gasteiger partial charge in [0.05, 0.1) is 6.04 Å². The van der Waals surface area contributed by atoms with Crippen LogP contribution in [0.2, 0.25) is 0 Å². The minimum absolute atomic E-state index is 0.161. The number of rotatable bonds is 0. The van der Waals surface area contributed by atoms with Crippen molar-refractivity contribution in [1.29, 1.82) is 0 Å². The first kappa shape index (κ1) is 5.71. The van der Waals surface area contributed by atoms with Gasteiger partial charge in [0.1, 0.15) is 0 Å². The van der Waals surface area contributed by atoms with Gasteiger partial charge in [0.15, 0.2) is 0 Å². The summed E-state index contributed by atoms with van der Waals surface area (Å²) >= 11 is 0. The maximum Gasteiger partial charge on any atom is 0.247 e. The molecule has 0 fully saturated rings. The molecule has 2 nitrogen and oxygen atoms in total. The van der Waals surface area contributed by atoms with E-state index in [1.54, 1.807) is 6.08 Å². The van der Waals surface area contributed by atoms with Crippen molar-refractivity contribution >= 4 is 5.91 Å². The summed E-state index contributed by atoms with van der Waals surface area (Å²) in [5.74, 6) is 0.161. The molecule has 2 rings (SSSR count). The van der Waals surface area contributed by atoms with Crippen molar-refractivity contribution in [3.8, 4) is 0 Å². The van der Waals surface area contributed by atoms with Crippen LogP contribution >= 0.6 is 0 Å². The van der Waals surface area contributed by atoms with Gasteiger partial charge in [-0.2, -0.15) is 0 Å². The Labute approximate surface area is 59.8 Å². The standard InChI is InChI=1S/C8H9NO/c10-8-5-4-7-3-1-2-6-9(7)8/h1,3-5,7H,2,6H2. The van der Waals surface area contributed by atoms with E-state index in [4.69, 9.17) is 0 Å². The highest BCUT2D eigenvalue weighted by atomic mass is 16.2. The van der Waals surface area contributed by atoms with Gasteiger partial charge in [-0.25, -0.2) is 0 Å². The molecular formula is C8H9NO. The van der Waals surface area contributed by atoms with Gasteiger partial charge in [0, 0.05) is 12.6 Å². The van der Waals surface area contributed by atoms with Crippen LogP contribution in [0.5, 0.6) is 0 Å². The normalized spacial score (nSPS) is 29.4. The van der Waals surface area contributed by atoms with Crippen LogP contribution in [0.4, 0.5) is 0 Å². The zero-order chi connectivity index (χ0) is 6.97. The van der Waals surface area contributed by atoms with Crippen molar-refractivity contribution in [2.45, 2.75) is 12.5 Å². The van der Waals surface area contributed by atoms with E-state index in [0.29, 0.717) is 0 Å². The van der Waals surface area contributed by atoms with Crippen molar-refractivity contribution < 1.29 is 4.79 Å². The lowest BCUT2D eigenvalue weighted by atomic mass is 10.2. The summed E-state index contributed by atoms with van der Waals surface area (Å²) < 4.78 is 0. The molecule has 0 aromatic heterocycles. The highest BCUT2D eigenvalue weighted by Gasteiger charge is 2.24. The van der Waals surface area contributed by atoms with Crippen molar-refractivity contribution in [1.82, 2.24) is 4.90 Å².